The molecule has 0 N–H and O–H groups in total. The summed E-state index contributed by atoms with van der Waals surface area (Å²) in [7, 11) is 1.68. The summed E-state index contributed by atoms with van der Waals surface area (Å²) in [6.07, 6.45) is 0. The Morgan fingerprint density at radius 3 is 2.32 bits per heavy atom. The van der Waals surface area contributed by atoms with Crippen LogP contribution in [0, 0.1) is 6.92 Å². The smallest absolute Gasteiger partial charge is 0.124 e. The zero-order valence-electron chi connectivity index (χ0n) is 11.8. The van der Waals surface area contributed by atoms with Crippen molar-refractivity contribution in [2.24, 2.45) is 0 Å². The lowest BCUT2D eigenvalue weighted by Crippen LogP contribution is -2.21. The molecule has 1 nitrogen and oxygen atoms in total. The Kier molecular flexibility index (Phi) is 3.86. The van der Waals surface area contributed by atoms with Crippen LogP contribution in [-0.2, 0) is 5.41 Å². The van der Waals surface area contributed by atoms with Crippen LogP contribution in [0.4, 0.5) is 0 Å². The van der Waals surface area contributed by atoms with Gasteiger partial charge in [-0.05, 0) is 30.2 Å². The minimum Gasteiger partial charge on any atom is -0.496 e. The molecule has 2 heteroatoms. The number of aryl methyl sites for hydroxylation is 1. The Morgan fingerprint density at radius 1 is 1.00 bits per heavy atom. The molecule has 0 heterocycles. The van der Waals surface area contributed by atoms with Gasteiger partial charge in [-0.15, -0.1) is 0 Å². The van der Waals surface area contributed by atoms with Crippen molar-refractivity contribution in [3.8, 4) is 5.75 Å². The van der Waals surface area contributed by atoms with Crippen LogP contribution in [-0.4, -0.2) is 7.11 Å². The number of halogens is 1. The topological polar surface area (TPSA) is 9.23 Å². The molecule has 2 rings (SSSR count). The van der Waals surface area contributed by atoms with Gasteiger partial charge in [-0.25, -0.2) is 0 Å². The molecule has 19 heavy (non-hydrogen) atoms. The third-order valence-corrected chi connectivity index (χ3v) is 3.89. The van der Waals surface area contributed by atoms with Crippen molar-refractivity contribution in [1.29, 1.82) is 0 Å². The average molecular weight is 275 g/mol. The van der Waals surface area contributed by atoms with Gasteiger partial charge in [0.1, 0.15) is 5.75 Å². The molecule has 2 aromatic rings. The molecule has 0 spiro atoms. The van der Waals surface area contributed by atoms with Crippen LogP contribution in [0.25, 0.3) is 0 Å². The van der Waals surface area contributed by atoms with Gasteiger partial charge in [-0.1, -0.05) is 55.8 Å². The predicted molar refractivity (Wildman–Crippen MR) is 81.3 cm³/mol. The Hall–Kier alpha value is -1.47. The Bertz CT molecular complexity index is 588. The second kappa shape index (κ2) is 5.26. The molecule has 0 aliphatic carbocycles. The minimum absolute atomic E-state index is 0.124. The van der Waals surface area contributed by atoms with Gasteiger partial charge in [0.05, 0.1) is 7.11 Å². The second-order valence-electron chi connectivity index (χ2n) is 5.28. The van der Waals surface area contributed by atoms with Crippen molar-refractivity contribution < 1.29 is 4.74 Å². The molecular formula is C17H19ClO. The molecule has 0 fully saturated rings. The summed E-state index contributed by atoms with van der Waals surface area (Å²) in [5.74, 6) is 0.834. The monoisotopic (exact) mass is 274 g/mol. The Labute approximate surface area is 120 Å². The maximum absolute atomic E-state index is 6.04. The molecule has 0 bridgehead atoms. The van der Waals surface area contributed by atoms with Gasteiger partial charge in [0.25, 0.3) is 0 Å². The van der Waals surface area contributed by atoms with E-state index in [9.17, 15) is 0 Å². The molecule has 0 radical (unpaired) electrons. The number of methoxy groups -OCH3 is 1. The lowest BCUT2D eigenvalue weighted by Gasteiger charge is -2.29. The first-order valence-corrected chi connectivity index (χ1v) is 6.74. The first-order chi connectivity index (χ1) is 8.96. The summed E-state index contributed by atoms with van der Waals surface area (Å²) < 4.78 is 5.49. The van der Waals surface area contributed by atoms with E-state index in [-0.39, 0.29) is 5.41 Å². The van der Waals surface area contributed by atoms with Crippen LogP contribution in [0.15, 0.2) is 42.5 Å². The quantitative estimate of drug-likeness (QED) is 0.767. The zero-order chi connectivity index (χ0) is 14.0. The van der Waals surface area contributed by atoms with Crippen molar-refractivity contribution in [3.05, 3.63) is 64.2 Å². The summed E-state index contributed by atoms with van der Waals surface area (Å²) in [6.45, 7) is 6.56. The van der Waals surface area contributed by atoms with Crippen molar-refractivity contribution in [2.75, 3.05) is 7.11 Å². The van der Waals surface area contributed by atoms with Crippen LogP contribution in [0.5, 0.6) is 5.75 Å². The number of hydrogen-bond acceptors (Lipinski definition) is 1. The number of ether oxygens (including phenoxy) is 1. The molecule has 0 aliphatic heterocycles. The highest BCUT2D eigenvalue weighted by atomic mass is 35.5. The van der Waals surface area contributed by atoms with Crippen molar-refractivity contribution >= 4 is 11.6 Å². The largest absolute Gasteiger partial charge is 0.496 e. The highest BCUT2D eigenvalue weighted by molar-refractivity contribution is 6.30. The fourth-order valence-corrected chi connectivity index (χ4v) is 2.76. The number of benzene rings is 2. The van der Waals surface area contributed by atoms with E-state index in [1.165, 1.54) is 11.1 Å². The van der Waals surface area contributed by atoms with E-state index in [2.05, 4.69) is 45.0 Å². The fourth-order valence-electron chi connectivity index (χ4n) is 2.60. The summed E-state index contributed by atoms with van der Waals surface area (Å²) >= 11 is 6.04. The van der Waals surface area contributed by atoms with E-state index in [1.54, 1.807) is 7.11 Å². The zero-order valence-corrected chi connectivity index (χ0v) is 12.6. The SMILES string of the molecule is COc1cc(Cl)ccc1C(C)(C)c1ccccc1C. The van der Waals surface area contributed by atoms with Gasteiger partial charge in [0.2, 0.25) is 0 Å². The average Bonchev–Trinajstić information content (AvgIpc) is 2.38. The molecule has 100 valence electrons. The van der Waals surface area contributed by atoms with Gasteiger partial charge >= 0.3 is 0 Å². The third kappa shape index (κ3) is 2.62. The lowest BCUT2D eigenvalue weighted by atomic mass is 9.76. The van der Waals surface area contributed by atoms with E-state index < -0.39 is 0 Å². The number of hydrogen-bond donors (Lipinski definition) is 0. The second-order valence-corrected chi connectivity index (χ2v) is 5.72. The predicted octanol–water partition coefficient (Wildman–Crippen LogP) is 4.98. The summed E-state index contributed by atoms with van der Waals surface area (Å²) in [6, 6.07) is 14.3. The molecular weight excluding hydrogens is 256 g/mol. The van der Waals surface area contributed by atoms with E-state index >= 15 is 0 Å². The van der Waals surface area contributed by atoms with E-state index in [4.69, 9.17) is 16.3 Å². The van der Waals surface area contributed by atoms with Gasteiger partial charge < -0.3 is 4.74 Å². The molecule has 0 atom stereocenters. The molecule has 0 aromatic heterocycles. The van der Waals surface area contributed by atoms with Crippen molar-refractivity contribution in [1.82, 2.24) is 0 Å². The van der Waals surface area contributed by atoms with Gasteiger partial charge in [0.15, 0.2) is 0 Å². The first kappa shape index (κ1) is 14.0. The maximum Gasteiger partial charge on any atom is 0.124 e. The highest BCUT2D eigenvalue weighted by Gasteiger charge is 2.27. The van der Waals surface area contributed by atoms with E-state index in [0.717, 1.165) is 11.3 Å². The summed E-state index contributed by atoms with van der Waals surface area (Å²) in [5.41, 5.74) is 3.61. The molecule has 2 aromatic carbocycles. The summed E-state index contributed by atoms with van der Waals surface area (Å²) in [5, 5.41) is 0.696. The molecule has 0 amide bonds. The first-order valence-electron chi connectivity index (χ1n) is 6.37. The highest BCUT2D eigenvalue weighted by Crippen LogP contribution is 2.39. The normalized spacial score (nSPS) is 11.4. The molecule has 0 aliphatic rings. The van der Waals surface area contributed by atoms with Gasteiger partial charge in [0, 0.05) is 16.0 Å². The molecule has 0 unspecified atom stereocenters. The van der Waals surface area contributed by atoms with Gasteiger partial charge in [-0.3, -0.25) is 0 Å². The lowest BCUT2D eigenvalue weighted by molar-refractivity contribution is 0.401. The Balaban J connectivity index is 2.59. The van der Waals surface area contributed by atoms with Gasteiger partial charge in [-0.2, -0.15) is 0 Å². The minimum atomic E-state index is -0.124. The van der Waals surface area contributed by atoms with Crippen LogP contribution >= 0.6 is 11.6 Å². The van der Waals surface area contributed by atoms with Crippen molar-refractivity contribution in [2.45, 2.75) is 26.2 Å². The van der Waals surface area contributed by atoms with Crippen LogP contribution < -0.4 is 4.74 Å². The standard InChI is InChI=1S/C17H19ClO/c1-12-7-5-6-8-14(12)17(2,3)15-10-9-13(18)11-16(15)19-4/h5-11H,1-4H3. The molecule has 0 saturated heterocycles. The van der Waals surface area contributed by atoms with E-state index in [1.807, 2.05) is 18.2 Å². The van der Waals surface area contributed by atoms with E-state index in [0.29, 0.717) is 5.02 Å². The fraction of sp³-hybridized carbons (Fsp3) is 0.294. The van der Waals surface area contributed by atoms with Crippen LogP contribution in [0.1, 0.15) is 30.5 Å². The Morgan fingerprint density at radius 2 is 1.68 bits per heavy atom. The van der Waals surface area contributed by atoms with Crippen molar-refractivity contribution in [3.63, 3.8) is 0 Å². The summed E-state index contributed by atoms with van der Waals surface area (Å²) in [4.78, 5) is 0. The van der Waals surface area contributed by atoms with Crippen LogP contribution in [0.2, 0.25) is 5.02 Å². The molecule has 0 saturated carbocycles. The van der Waals surface area contributed by atoms with Crippen LogP contribution in [0.3, 0.4) is 0 Å². The maximum atomic E-state index is 6.04. The third-order valence-electron chi connectivity index (χ3n) is 3.66. The number of rotatable bonds is 3.